The smallest absolute Gasteiger partial charge is 0.326 e. The van der Waals surface area contributed by atoms with Crippen LogP contribution in [-0.2, 0) is 36.8 Å². The van der Waals surface area contributed by atoms with Crippen LogP contribution in [0.25, 0.3) is 10.9 Å². The minimum Gasteiger partial charge on any atom is -0.508 e. The molecule has 0 saturated carbocycles. The molecule has 1 aromatic heterocycles. The first-order valence-corrected chi connectivity index (χ1v) is 14.0. The summed E-state index contributed by atoms with van der Waals surface area (Å²) >= 11 is 0. The van der Waals surface area contributed by atoms with Gasteiger partial charge in [-0.25, -0.2) is 4.79 Å². The molecule has 13 nitrogen and oxygen atoms in total. The van der Waals surface area contributed by atoms with Crippen molar-refractivity contribution in [2.24, 2.45) is 5.73 Å². The van der Waals surface area contributed by atoms with E-state index in [0.29, 0.717) is 18.4 Å². The molecule has 0 aliphatic carbocycles. The highest BCUT2D eigenvalue weighted by atomic mass is 16.4. The van der Waals surface area contributed by atoms with Crippen LogP contribution < -0.4 is 16.4 Å². The molecule has 228 valence electrons. The number of carbonyl (C=O) groups is 5. The quantitative estimate of drug-likeness (QED) is 0.150. The summed E-state index contributed by atoms with van der Waals surface area (Å²) in [4.78, 5) is 67.5. The Kier molecular flexibility index (Phi) is 9.99. The van der Waals surface area contributed by atoms with Crippen LogP contribution in [0.3, 0.4) is 0 Å². The number of nitrogens with one attached hydrogen (secondary N) is 3. The minimum atomic E-state index is -1.32. The first-order valence-electron chi connectivity index (χ1n) is 14.0. The van der Waals surface area contributed by atoms with Gasteiger partial charge in [-0.05, 0) is 48.6 Å². The van der Waals surface area contributed by atoms with Gasteiger partial charge in [0.15, 0.2) is 0 Å². The van der Waals surface area contributed by atoms with Crippen LogP contribution in [0.4, 0.5) is 0 Å². The SMILES string of the molecule is NC(CCC(=O)O)C(=O)N1CCCC1C(=O)NC(Cc1c[nH]c2ccccc12)C(=O)NC(Cc1ccc(O)cc1)C(=O)O. The van der Waals surface area contributed by atoms with Crippen molar-refractivity contribution < 1.29 is 39.3 Å². The number of aromatic hydroxyl groups is 1. The number of hydrogen-bond acceptors (Lipinski definition) is 7. The molecular formula is C30H35N5O8. The summed E-state index contributed by atoms with van der Waals surface area (Å²) < 4.78 is 0. The number of likely N-dealkylation sites (tertiary alicyclic amines) is 1. The molecule has 2 aromatic carbocycles. The molecule has 8 N–H and O–H groups in total. The fourth-order valence-corrected chi connectivity index (χ4v) is 5.26. The van der Waals surface area contributed by atoms with Crippen molar-refractivity contribution in [3.8, 4) is 5.75 Å². The lowest BCUT2D eigenvalue weighted by Gasteiger charge is -2.28. The number of nitrogens with two attached hydrogens (primary N) is 1. The van der Waals surface area contributed by atoms with E-state index in [4.69, 9.17) is 10.8 Å². The fourth-order valence-electron chi connectivity index (χ4n) is 5.26. The Hall–Kier alpha value is -4.91. The maximum atomic E-state index is 13.6. The Morgan fingerprint density at radius 2 is 1.70 bits per heavy atom. The number of carbonyl (C=O) groups excluding carboxylic acids is 3. The lowest BCUT2D eigenvalue weighted by atomic mass is 10.0. The predicted octanol–water partition coefficient (Wildman–Crippen LogP) is 0.896. The van der Waals surface area contributed by atoms with E-state index in [1.54, 1.807) is 18.3 Å². The summed E-state index contributed by atoms with van der Waals surface area (Å²) in [6.07, 6.45) is 2.16. The average Bonchev–Trinajstić information content (AvgIpc) is 3.63. The van der Waals surface area contributed by atoms with E-state index in [9.17, 15) is 34.2 Å². The molecule has 0 spiro atoms. The van der Waals surface area contributed by atoms with Crippen LogP contribution in [0.5, 0.6) is 5.75 Å². The topological polar surface area (TPSA) is 215 Å². The number of amides is 3. The Bertz CT molecular complexity index is 1490. The molecule has 4 rings (SSSR count). The third-order valence-corrected chi connectivity index (χ3v) is 7.55. The molecule has 1 aliphatic rings. The lowest BCUT2D eigenvalue weighted by molar-refractivity contribution is -0.143. The Labute approximate surface area is 247 Å². The zero-order chi connectivity index (χ0) is 31.1. The van der Waals surface area contributed by atoms with E-state index in [0.717, 1.165) is 16.5 Å². The number of carboxylic acids is 2. The van der Waals surface area contributed by atoms with Gasteiger partial charge in [-0.15, -0.1) is 0 Å². The molecule has 0 radical (unpaired) electrons. The number of phenols is 1. The molecule has 1 saturated heterocycles. The average molecular weight is 594 g/mol. The minimum absolute atomic E-state index is 0.0171. The standard InChI is InChI=1S/C30H35N5O8/c31-21(11-12-26(37)38)29(41)35-13-3-6-25(35)28(40)33-23(15-18-16-32-22-5-2-1-4-20(18)22)27(39)34-24(30(42)43)14-17-7-9-19(36)10-8-17/h1-2,4-5,7-10,16,21,23-25,32,36H,3,6,11-15,31H2,(H,33,40)(H,34,39)(H,37,38)(H,42,43). The number of rotatable bonds is 13. The second kappa shape index (κ2) is 13.8. The van der Waals surface area contributed by atoms with Crippen molar-refractivity contribution in [3.05, 3.63) is 65.9 Å². The number of nitrogens with zero attached hydrogens (tertiary/aromatic N) is 1. The Morgan fingerprint density at radius 1 is 0.977 bits per heavy atom. The maximum Gasteiger partial charge on any atom is 0.326 e. The molecule has 0 bridgehead atoms. The monoisotopic (exact) mass is 593 g/mol. The van der Waals surface area contributed by atoms with E-state index >= 15 is 0 Å². The van der Waals surface area contributed by atoms with Gasteiger partial charge >= 0.3 is 11.9 Å². The molecule has 4 unspecified atom stereocenters. The molecule has 1 fully saturated rings. The summed E-state index contributed by atoms with van der Waals surface area (Å²) in [6, 6.07) is 8.81. The summed E-state index contributed by atoms with van der Waals surface area (Å²) in [7, 11) is 0. The highest BCUT2D eigenvalue weighted by Gasteiger charge is 2.38. The van der Waals surface area contributed by atoms with Gasteiger partial charge in [0.05, 0.1) is 6.04 Å². The van der Waals surface area contributed by atoms with E-state index < -0.39 is 53.8 Å². The van der Waals surface area contributed by atoms with Crippen LogP contribution in [-0.4, -0.2) is 85.6 Å². The number of carboxylic acid groups (broad SMARTS) is 2. The van der Waals surface area contributed by atoms with Crippen LogP contribution in [0.1, 0.15) is 36.8 Å². The van der Waals surface area contributed by atoms with Gasteiger partial charge in [-0.2, -0.15) is 0 Å². The molecule has 1 aliphatic heterocycles. The number of para-hydroxylation sites is 1. The lowest BCUT2D eigenvalue weighted by Crippen LogP contribution is -2.57. The number of phenolic OH excluding ortho intramolecular Hbond substituents is 1. The normalized spacial score (nSPS) is 16.8. The summed E-state index contributed by atoms with van der Waals surface area (Å²) in [5.41, 5.74) is 8.04. The number of aliphatic carboxylic acids is 2. The zero-order valence-corrected chi connectivity index (χ0v) is 23.4. The van der Waals surface area contributed by atoms with Gasteiger partial charge in [-0.1, -0.05) is 30.3 Å². The van der Waals surface area contributed by atoms with Crippen molar-refractivity contribution in [3.63, 3.8) is 0 Å². The molecule has 2 heterocycles. The van der Waals surface area contributed by atoms with Crippen LogP contribution >= 0.6 is 0 Å². The highest BCUT2D eigenvalue weighted by molar-refractivity contribution is 5.95. The number of H-pyrrole nitrogens is 1. The summed E-state index contributed by atoms with van der Waals surface area (Å²) in [5.74, 6) is -4.21. The molecule has 4 atom stereocenters. The van der Waals surface area contributed by atoms with E-state index in [2.05, 4.69) is 15.6 Å². The van der Waals surface area contributed by atoms with Crippen molar-refractivity contribution in [2.45, 2.75) is 62.7 Å². The van der Waals surface area contributed by atoms with Gasteiger partial charge in [0, 0.05) is 42.9 Å². The number of fused-ring (bicyclic) bond motifs is 1. The molecule has 3 amide bonds. The number of aromatic amines is 1. The highest BCUT2D eigenvalue weighted by Crippen LogP contribution is 2.22. The van der Waals surface area contributed by atoms with Gasteiger partial charge in [0.25, 0.3) is 0 Å². The molecule has 13 heteroatoms. The van der Waals surface area contributed by atoms with Crippen molar-refractivity contribution in [1.29, 1.82) is 0 Å². The van der Waals surface area contributed by atoms with Gasteiger partial charge < -0.3 is 41.6 Å². The maximum absolute atomic E-state index is 13.6. The third kappa shape index (κ3) is 7.89. The Morgan fingerprint density at radius 3 is 2.40 bits per heavy atom. The second-order valence-electron chi connectivity index (χ2n) is 10.6. The number of hydrogen-bond donors (Lipinski definition) is 7. The van der Waals surface area contributed by atoms with Crippen LogP contribution in [0.2, 0.25) is 0 Å². The van der Waals surface area contributed by atoms with Crippen molar-refractivity contribution >= 4 is 40.6 Å². The third-order valence-electron chi connectivity index (χ3n) is 7.55. The first kappa shape index (κ1) is 31.0. The molecule has 43 heavy (non-hydrogen) atoms. The van der Waals surface area contributed by atoms with E-state index in [1.165, 1.54) is 17.0 Å². The van der Waals surface area contributed by atoms with Gasteiger partial charge in [0.1, 0.15) is 23.9 Å². The molecular weight excluding hydrogens is 558 g/mol. The first-order chi connectivity index (χ1) is 20.5. The van der Waals surface area contributed by atoms with Crippen LogP contribution in [0, 0.1) is 0 Å². The number of aromatic nitrogens is 1. The Balaban J connectivity index is 1.54. The van der Waals surface area contributed by atoms with Gasteiger partial charge in [-0.3, -0.25) is 19.2 Å². The summed E-state index contributed by atoms with van der Waals surface area (Å²) in [6.45, 7) is 0.255. The second-order valence-corrected chi connectivity index (χ2v) is 10.6. The number of benzene rings is 2. The van der Waals surface area contributed by atoms with Crippen molar-refractivity contribution in [1.82, 2.24) is 20.5 Å². The van der Waals surface area contributed by atoms with Crippen molar-refractivity contribution in [2.75, 3.05) is 6.54 Å². The van der Waals surface area contributed by atoms with E-state index in [1.807, 2.05) is 24.3 Å². The van der Waals surface area contributed by atoms with Crippen LogP contribution in [0.15, 0.2) is 54.7 Å². The summed E-state index contributed by atoms with van der Waals surface area (Å²) in [5, 5.41) is 34.4. The predicted molar refractivity (Wildman–Crippen MR) is 155 cm³/mol. The largest absolute Gasteiger partial charge is 0.508 e. The molecule has 3 aromatic rings. The fraction of sp³-hybridized carbons (Fsp3) is 0.367. The zero-order valence-electron chi connectivity index (χ0n) is 23.4. The van der Waals surface area contributed by atoms with Gasteiger partial charge in [0.2, 0.25) is 17.7 Å². The van der Waals surface area contributed by atoms with E-state index in [-0.39, 0.29) is 38.0 Å².